The summed E-state index contributed by atoms with van der Waals surface area (Å²) in [5.74, 6) is -0.472. The van der Waals surface area contributed by atoms with Gasteiger partial charge < -0.3 is 25.2 Å². The Morgan fingerprint density at radius 1 is 1.18 bits per heavy atom. The number of aromatic nitrogens is 4. The SMILES string of the molecule is CNCCCc1c2c(-c3cccc(N[C@H]4C[C@@H](C(=O)O)N(C(=O)OC(C)(C)C)C4)n3)ccnc2nn1COCC[Si](C)(C)C. The highest BCUT2D eigenvalue weighted by atomic mass is 28.3. The average Bonchev–Trinajstić information content (AvgIpc) is 3.52. The molecule has 1 amide bonds. The summed E-state index contributed by atoms with van der Waals surface area (Å²) < 4.78 is 13.5. The molecule has 0 bridgehead atoms. The molecule has 1 aliphatic rings. The van der Waals surface area contributed by atoms with Crippen LogP contribution in [-0.4, -0.2) is 94.3 Å². The molecule has 3 N–H and O–H groups in total. The lowest BCUT2D eigenvalue weighted by atomic mass is 10.0. The van der Waals surface area contributed by atoms with Crippen LogP contribution in [0.2, 0.25) is 25.7 Å². The zero-order valence-corrected chi connectivity index (χ0v) is 28.0. The van der Waals surface area contributed by atoms with Crippen molar-refractivity contribution in [2.24, 2.45) is 0 Å². The van der Waals surface area contributed by atoms with Crippen LogP contribution in [-0.2, 0) is 27.4 Å². The van der Waals surface area contributed by atoms with E-state index >= 15 is 0 Å². The number of carboxylic acid groups (broad SMARTS) is 1. The van der Waals surface area contributed by atoms with Gasteiger partial charge in [0.25, 0.3) is 0 Å². The number of likely N-dealkylation sites (tertiary alicyclic amines) is 1. The second kappa shape index (κ2) is 14.0. The normalized spacial score (nSPS) is 17.3. The number of fused-ring (bicyclic) bond motifs is 1. The predicted molar refractivity (Wildman–Crippen MR) is 174 cm³/mol. The van der Waals surface area contributed by atoms with Crippen molar-refractivity contribution >= 4 is 37.0 Å². The van der Waals surface area contributed by atoms with Crippen molar-refractivity contribution in [3.05, 3.63) is 36.2 Å². The summed E-state index contributed by atoms with van der Waals surface area (Å²) in [5, 5.41) is 22.1. The van der Waals surface area contributed by atoms with Gasteiger partial charge in [-0.3, -0.25) is 4.90 Å². The lowest BCUT2D eigenvalue weighted by Gasteiger charge is -2.26. The average molecular weight is 626 g/mol. The number of nitrogens with one attached hydrogen (secondary N) is 2. The van der Waals surface area contributed by atoms with Crippen LogP contribution < -0.4 is 10.6 Å². The van der Waals surface area contributed by atoms with Gasteiger partial charge in [-0.05, 0) is 71.4 Å². The van der Waals surface area contributed by atoms with Gasteiger partial charge >= 0.3 is 12.1 Å². The standard InChI is InChI=1S/C31H47N7O5Si/c1-31(2,3)43-30(41)37-19-21(18-25(37)29(39)40)34-26-12-8-10-23(35-26)22-13-15-33-28-27(22)24(11-9-14-32-4)38(36-28)20-42-16-17-44(5,6)7/h8,10,12-13,15,21,25,32H,9,11,14,16-20H2,1-7H3,(H,34,35)(H,39,40)/t21-,25-/m0/s1. The molecule has 0 spiro atoms. The largest absolute Gasteiger partial charge is 0.480 e. The summed E-state index contributed by atoms with van der Waals surface area (Å²) in [4.78, 5) is 35.5. The number of anilines is 1. The molecular weight excluding hydrogens is 578 g/mol. The highest BCUT2D eigenvalue weighted by molar-refractivity contribution is 6.76. The fraction of sp³-hybridized carbons (Fsp3) is 0.581. The molecule has 4 heterocycles. The summed E-state index contributed by atoms with van der Waals surface area (Å²) in [6.45, 7) is 14.4. The zero-order chi connectivity index (χ0) is 32.1. The Morgan fingerprint density at radius 3 is 2.64 bits per heavy atom. The van der Waals surface area contributed by atoms with Crippen molar-refractivity contribution in [2.75, 3.05) is 32.1 Å². The molecule has 2 atom stereocenters. The lowest BCUT2D eigenvalue weighted by molar-refractivity contribution is -0.142. The van der Waals surface area contributed by atoms with E-state index in [9.17, 15) is 14.7 Å². The van der Waals surface area contributed by atoms with Crippen LogP contribution >= 0.6 is 0 Å². The third-order valence-corrected chi connectivity index (χ3v) is 9.09. The molecule has 1 aliphatic heterocycles. The van der Waals surface area contributed by atoms with Gasteiger partial charge in [-0.2, -0.15) is 0 Å². The van der Waals surface area contributed by atoms with Crippen LogP contribution in [0.5, 0.6) is 0 Å². The molecule has 3 aromatic rings. The first-order chi connectivity index (χ1) is 20.8. The first-order valence-corrected chi connectivity index (χ1v) is 19.0. The van der Waals surface area contributed by atoms with Crippen LogP contribution in [0.4, 0.5) is 10.6 Å². The maximum Gasteiger partial charge on any atom is 0.411 e. The van der Waals surface area contributed by atoms with E-state index in [-0.39, 0.29) is 19.0 Å². The molecule has 1 saturated heterocycles. The van der Waals surface area contributed by atoms with Crippen LogP contribution in [0.1, 0.15) is 39.3 Å². The smallest absolute Gasteiger partial charge is 0.411 e. The highest BCUT2D eigenvalue weighted by Gasteiger charge is 2.41. The summed E-state index contributed by atoms with van der Waals surface area (Å²) in [7, 11) is 0.733. The third kappa shape index (κ3) is 8.76. The number of hydrogen-bond donors (Lipinski definition) is 3. The number of ether oxygens (including phenoxy) is 2. The molecule has 3 aromatic heterocycles. The number of pyridine rings is 2. The molecule has 12 nitrogen and oxygen atoms in total. The van der Waals surface area contributed by atoms with Crippen LogP contribution in [0, 0.1) is 0 Å². The Labute approximate surface area is 260 Å². The minimum absolute atomic E-state index is 0.192. The van der Waals surface area contributed by atoms with Crippen molar-refractivity contribution in [3.8, 4) is 11.3 Å². The maximum atomic E-state index is 12.8. The van der Waals surface area contributed by atoms with Crippen molar-refractivity contribution in [2.45, 2.75) is 90.1 Å². The lowest BCUT2D eigenvalue weighted by Crippen LogP contribution is -2.43. The Hall–Kier alpha value is -3.55. The van der Waals surface area contributed by atoms with E-state index in [1.165, 1.54) is 4.90 Å². The van der Waals surface area contributed by atoms with E-state index in [0.29, 0.717) is 24.8 Å². The number of hydrogen-bond acceptors (Lipinski definition) is 9. The summed E-state index contributed by atoms with van der Waals surface area (Å²) in [6, 6.07) is 7.45. The van der Waals surface area contributed by atoms with Crippen LogP contribution in [0.3, 0.4) is 0 Å². The Balaban J connectivity index is 1.59. The van der Waals surface area contributed by atoms with Gasteiger partial charge in [0.05, 0.1) is 16.8 Å². The number of aliphatic carboxylic acids is 1. The quantitative estimate of drug-likeness (QED) is 0.178. The van der Waals surface area contributed by atoms with E-state index in [1.54, 1.807) is 27.0 Å². The first kappa shape index (κ1) is 33.3. The van der Waals surface area contributed by atoms with Crippen molar-refractivity contribution in [3.63, 3.8) is 0 Å². The molecule has 0 aromatic carbocycles. The molecule has 1 fully saturated rings. The summed E-state index contributed by atoms with van der Waals surface area (Å²) in [5.41, 5.74) is 2.63. The number of aryl methyl sites for hydroxylation is 1. The Kier molecular flexibility index (Phi) is 10.6. The van der Waals surface area contributed by atoms with Gasteiger partial charge in [0.15, 0.2) is 5.65 Å². The molecular formula is C31H47N7O5Si. The van der Waals surface area contributed by atoms with Crippen molar-refractivity contribution in [1.82, 2.24) is 30.0 Å². The number of rotatable bonds is 13. The number of nitrogens with zero attached hydrogens (tertiary/aromatic N) is 5. The molecule has 0 aliphatic carbocycles. The molecule has 0 saturated carbocycles. The van der Waals surface area contributed by atoms with E-state index in [4.69, 9.17) is 19.6 Å². The second-order valence-corrected chi connectivity index (χ2v) is 19.2. The van der Waals surface area contributed by atoms with Gasteiger partial charge in [0.1, 0.15) is 24.2 Å². The second-order valence-electron chi connectivity index (χ2n) is 13.5. The van der Waals surface area contributed by atoms with Gasteiger partial charge in [0, 0.05) is 45.4 Å². The Morgan fingerprint density at radius 2 is 1.95 bits per heavy atom. The number of carbonyl (C=O) groups is 2. The minimum Gasteiger partial charge on any atom is -0.480 e. The van der Waals surface area contributed by atoms with Gasteiger partial charge in [-0.15, -0.1) is 5.10 Å². The van der Waals surface area contributed by atoms with Gasteiger partial charge in [0.2, 0.25) is 0 Å². The molecule has 44 heavy (non-hydrogen) atoms. The zero-order valence-electron chi connectivity index (χ0n) is 27.0. The number of carboxylic acids is 1. The summed E-state index contributed by atoms with van der Waals surface area (Å²) in [6.07, 6.45) is 3.07. The number of carbonyl (C=O) groups excluding carboxylic acids is 1. The van der Waals surface area contributed by atoms with Crippen LogP contribution in [0.15, 0.2) is 30.5 Å². The molecule has 4 rings (SSSR count). The monoisotopic (exact) mass is 625 g/mol. The predicted octanol–water partition coefficient (Wildman–Crippen LogP) is 4.83. The third-order valence-electron chi connectivity index (χ3n) is 7.39. The molecule has 0 radical (unpaired) electrons. The maximum absolute atomic E-state index is 12.8. The summed E-state index contributed by atoms with van der Waals surface area (Å²) >= 11 is 0. The topological polar surface area (TPSA) is 144 Å². The highest BCUT2D eigenvalue weighted by Crippen LogP contribution is 2.31. The van der Waals surface area contributed by atoms with Crippen molar-refractivity contribution in [1.29, 1.82) is 0 Å². The number of amides is 1. The Bertz CT molecular complexity index is 1450. The fourth-order valence-electron chi connectivity index (χ4n) is 5.22. The minimum atomic E-state index is -1.21. The first-order valence-electron chi connectivity index (χ1n) is 15.3. The molecule has 13 heteroatoms. The van der Waals surface area contributed by atoms with Gasteiger partial charge in [-0.1, -0.05) is 25.7 Å². The molecule has 240 valence electrons. The van der Waals surface area contributed by atoms with Gasteiger partial charge in [-0.25, -0.2) is 24.2 Å². The van der Waals surface area contributed by atoms with E-state index in [0.717, 1.165) is 47.8 Å². The van der Waals surface area contributed by atoms with Crippen LogP contribution in [0.25, 0.3) is 22.3 Å². The van der Waals surface area contributed by atoms with E-state index in [2.05, 4.69) is 35.3 Å². The van der Waals surface area contributed by atoms with E-state index < -0.39 is 31.8 Å². The fourth-order valence-corrected chi connectivity index (χ4v) is 5.98. The molecule has 0 unspecified atom stereocenters. The van der Waals surface area contributed by atoms with E-state index in [1.807, 2.05) is 36.0 Å². The van der Waals surface area contributed by atoms with Crippen molar-refractivity contribution < 1.29 is 24.2 Å².